The maximum absolute atomic E-state index is 13.8. The van der Waals surface area contributed by atoms with Gasteiger partial charge in [0.15, 0.2) is 0 Å². The number of halogens is 1. The van der Waals surface area contributed by atoms with E-state index in [1.165, 1.54) is 18.9 Å². The minimum Gasteiger partial charge on any atom is -0.380 e. The molecular formula is C15H23FN2O. The van der Waals surface area contributed by atoms with Crippen LogP contribution in [0.15, 0.2) is 24.3 Å². The summed E-state index contributed by atoms with van der Waals surface area (Å²) in [6.07, 6.45) is 2.60. The molecule has 1 aliphatic carbocycles. The highest BCUT2D eigenvalue weighted by molar-refractivity contribution is 5.21. The zero-order valence-electron chi connectivity index (χ0n) is 11.5. The summed E-state index contributed by atoms with van der Waals surface area (Å²) < 4.78 is 19.4. The van der Waals surface area contributed by atoms with Crippen molar-refractivity contribution < 1.29 is 9.13 Å². The number of rotatable bonds is 8. The van der Waals surface area contributed by atoms with Crippen molar-refractivity contribution in [2.45, 2.75) is 18.9 Å². The fourth-order valence-corrected chi connectivity index (χ4v) is 2.19. The Labute approximate surface area is 114 Å². The summed E-state index contributed by atoms with van der Waals surface area (Å²) in [4.78, 5) is 2.06. The molecule has 3 nitrogen and oxygen atoms in total. The van der Waals surface area contributed by atoms with Crippen LogP contribution in [0.3, 0.4) is 0 Å². The van der Waals surface area contributed by atoms with E-state index in [0.717, 1.165) is 19.1 Å². The van der Waals surface area contributed by atoms with E-state index >= 15 is 0 Å². The molecule has 0 radical (unpaired) electrons. The van der Waals surface area contributed by atoms with Crippen molar-refractivity contribution in [2.24, 2.45) is 11.7 Å². The predicted octanol–water partition coefficient (Wildman–Crippen LogP) is 2.18. The zero-order chi connectivity index (χ0) is 13.7. The molecule has 19 heavy (non-hydrogen) atoms. The van der Waals surface area contributed by atoms with Gasteiger partial charge in [-0.3, -0.25) is 4.90 Å². The summed E-state index contributed by atoms with van der Waals surface area (Å²) in [5.41, 5.74) is 6.45. The molecular weight excluding hydrogens is 243 g/mol. The summed E-state index contributed by atoms with van der Waals surface area (Å²) >= 11 is 0. The molecule has 0 spiro atoms. The SMILES string of the molecule is CN(CCOCC1CC1)C(CN)c1ccccc1F. The number of likely N-dealkylation sites (N-methyl/N-ethyl adjacent to an activating group) is 1. The van der Waals surface area contributed by atoms with Crippen molar-refractivity contribution in [3.8, 4) is 0 Å². The van der Waals surface area contributed by atoms with E-state index < -0.39 is 0 Å². The van der Waals surface area contributed by atoms with Gasteiger partial charge in [0.25, 0.3) is 0 Å². The molecule has 1 unspecified atom stereocenters. The maximum Gasteiger partial charge on any atom is 0.128 e. The van der Waals surface area contributed by atoms with Crippen molar-refractivity contribution >= 4 is 0 Å². The lowest BCUT2D eigenvalue weighted by Crippen LogP contribution is -2.33. The highest BCUT2D eigenvalue weighted by atomic mass is 19.1. The smallest absolute Gasteiger partial charge is 0.128 e. The average Bonchev–Trinajstić information content (AvgIpc) is 3.22. The monoisotopic (exact) mass is 266 g/mol. The van der Waals surface area contributed by atoms with Crippen LogP contribution in [0.2, 0.25) is 0 Å². The summed E-state index contributed by atoms with van der Waals surface area (Å²) in [6, 6.07) is 6.73. The standard InChI is InChI=1S/C15H23FN2O/c1-18(8-9-19-11-12-6-7-12)15(10-17)13-4-2-3-5-14(13)16/h2-5,12,15H,6-11,17H2,1H3. The Hall–Kier alpha value is -0.970. The van der Waals surface area contributed by atoms with Gasteiger partial charge >= 0.3 is 0 Å². The fourth-order valence-electron chi connectivity index (χ4n) is 2.19. The second kappa shape index (κ2) is 6.98. The van der Waals surface area contributed by atoms with Crippen molar-refractivity contribution in [3.05, 3.63) is 35.6 Å². The van der Waals surface area contributed by atoms with Crippen LogP contribution >= 0.6 is 0 Å². The second-order valence-electron chi connectivity index (χ2n) is 5.27. The second-order valence-corrected chi connectivity index (χ2v) is 5.27. The van der Waals surface area contributed by atoms with Gasteiger partial charge < -0.3 is 10.5 Å². The molecule has 1 aliphatic rings. The minimum atomic E-state index is -0.191. The number of hydrogen-bond acceptors (Lipinski definition) is 3. The molecule has 0 aliphatic heterocycles. The van der Waals surface area contributed by atoms with E-state index in [9.17, 15) is 4.39 Å². The Balaban J connectivity index is 1.83. The average molecular weight is 266 g/mol. The predicted molar refractivity (Wildman–Crippen MR) is 74.4 cm³/mol. The van der Waals surface area contributed by atoms with Crippen LogP contribution in [0.5, 0.6) is 0 Å². The summed E-state index contributed by atoms with van der Waals surface area (Å²) in [5, 5.41) is 0. The van der Waals surface area contributed by atoms with Gasteiger partial charge in [-0.1, -0.05) is 18.2 Å². The Kier molecular flexibility index (Phi) is 5.31. The molecule has 1 atom stereocenters. The third-order valence-electron chi connectivity index (χ3n) is 3.66. The van der Waals surface area contributed by atoms with Crippen LogP contribution in [-0.4, -0.2) is 38.3 Å². The highest BCUT2D eigenvalue weighted by Crippen LogP contribution is 2.28. The van der Waals surface area contributed by atoms with Crippen LogP contribution in [-0.2, 0) is 4.74 Å². The van der Waals surface area contributed by atoms with E-state index in [4.69, 9.17) is 10.5 Å². The largest absolute Gasteiger partial charge is 0.380 e. The first kappa shape index (κ1) is 14.4. The molecule has 2 N–H and O–H groups in total. The molecule has 0 aromatic heterocycles. The van der Waals surface area contributed by atoms with Gasteiger partial charge in [0, 0.05) is 31.3 Å². The lowest BCUT2D eigenvalue weighted by atomic mass is 10.1. The van der Waals surface area contributed by atoms with Crippen LogP contribution < -0.4 is 5.73 Å². The normalized spacial score (nSPS) is 16.8. The molecule has 0 amide bonds. The van der Waals surface area contributed by atoms with E-state index in [1.807, 2.05) is 13.1 Å². The van der Waals surface area contributed by atoms with Crippen LogP contribution in [0.1, 0.15) is 24.4 Å². The first-order valence-corrected chi connectivity index (χ1v) is 6.95. The molecule has 1 saturated carbocycles. The first-order valence-electron chi connectivity index (χ1n) is 6.95. The zero-order valence-corrected chi connectivity index (χ0v) is 11.5. The number of ether oxygens (including phenoxy) is 1. The number of benzene rings is 1. The Bertz CT molecular complexity index is 395. The molecule has 4 heteroatoms. The lowest BCUT2D eigenvalue weighted by Gasteiger charge is -2.27. The Morgan fingerprint density at radius 3 is 2.79 bits per heavy atom. The van der Waals surface area contributed by atoms with Crippen molar-refractivity contribution in [2.75, 3.05) is 33.4 Å². The molecule has 0 heterocycles. The van der Waals surface area contributed by atoms with Gasteiger partial charge in [-0.05, 0) is 31.9 Å². The van der Waals surface area contributed by atoms with Crippen LogP contribution in [0, 0.1) is 11.7 Å². The van der Waals surface area contributed by atoms with Gasteiger partial charge in [-0.2, -0.15) is 0 Å². The van der Waals surface area contributed by atoms with Crippen molar-refractivity contribution in [1.29, 1.82) is 0 Å². The van der Waals surface area contributed by atoms with E-state index in [2.05, 4.69) is 4.90 Å². The number of nitrogens with two attached hydrogens (primary N) is 1. The fraction of sp³-hybridized carbons (Fsp3) is 0.600. The van der Waals surface area contributed by atoms with Gasteiger partial charge in [0.1, 0.15) is 5.82 Å². The third-order valence-corrected chi connectivity index (χ3v) is 3.66. The van der Waals surface area contributed by atoms with E-state index in [1.54, 1.807) is 12.1 Å². The summed E-state index contributed by atoms with van der Waals surface area (Å²) in [7, 11) is 1.96. The Morgan fingerprint density at radius 2 is 2.16 bits per heavy atom. The van der Waals surface area contributed by atoms with Crippen LogP contribution in [0.4, 0.5) is 4.39 Å². The van der Waals surface area contributed by atoms with Crippen molar-refractivity contribution in [1.82, 2.24) is 4.90 Å². The number of nitrogens with zero attached hydrogens (tertiary/aromatic N) is 1. The van der Waals surface area contributed by atoms with Gasteiger partial charge in [0.2, 0.25) is 0 Å². The van der Waals surface area contributed by atoms with Crippen molar-refractivity contribution in [3.63, 3.8) is 0 Å². The van der Waals surface area contributed by atoms with Gasteiger partial charge in [0.05, 0.1) is 6.61 Å². The topological polar surface area (TPSA) is 38.5 Å². The minimum absolute atomic E-state index is 0.0919. The molecule has 106 valence electrons. The molecule has 1 aromatic carbocycles. The Morgan fingerprint density at radius 1 is 1.42 bits per heavy atom. The quantitative estimate of drug-likeness (QED) is 0.733. The highest BCUT2D eigenvalue weighted by Gasteiger charge is 2.22. The lowest BCUT2D eigenvalue weighted by molar-refractivity contribution is 0.0917. The molecule has 1 fully saturated rings. The third kappa shape index (κ3) is 4.27. The molecule has 0 bridgehead atoms. The first-order chi connectivity index (χ1) is 9.22. The number of hydrogen-bond donors (Lipinski definition) is 1. The van der Waals surface area contributed by atoms with E-state index in [-0.39, 0.29) is 11.9 Å². The van der Waals surface area contributed by atoms with Crippen LogP contribution in [0.25, 0.3) is 0 Å². The summed E-state index contributed by atoms with van der Waals surface area (Å²) in [6.45, 7) is 2.71. The van der Waals surface area contributed by atoms with Gasteiger partial charge in [-0.25, -0.2) is 4.39 Å². The summed E-state index contributed by atoms with van der Waals surface area (Å²) in [5.74, 6) is 0.589. The molecule has 0 saturated heterocycles. The molecule has 1 aromatic rings. The molecule has 2 rings (SSSR count). The van der Waals surface area contributed by atoms with Gasteiger partial charge in [-0.15, -0.1) is 0 Å². The van der Waals surface area contributed by atoms with E-state index in [0.29, 0.717) is 18.7 Å². The maximum atomic E-state index is 13.8.